The van der Waals surface area contributed by atoms with Crippen LogP contribution < -0.4 is 4.90 Å². The number of aryl methyl sites for hydroxylation is 1. The summed E-state index contributed by atoms with van der Waals surface area (Å²) in [6.45, 7) is 18.5. The van der Waals surface area contributed by atoms with Gasteiger partial charge in [0.25, 0.3) is 0 Å². The van der Waals surface area contributed by atoms with E-state index in [1.165, 1.54) is 18.9 Å². The van der Waals surface area contributed by atoms with E-state index in [0.29, 0.717) is 53.6 Å². The first-order chi connectivity index (χ1) is 22.2. The Morgan fingerprint density at radius 1 is 1.17 bits per heavy atom. The molecule has 1 aliphatic heterocycles. The largest absolute Gasteiger partial charge is 0.508 e. The lowest BCUT2D eigenvalue weighted by Gasteiger charge is -2.41. The van der Waals surface area contributed by atoms with Crippen molar-refractivity contribution in [2.24, 2.45) is 5.92 Å². The van der Waals surface area contributed by atoms with E-state index < -0.39 is 23.5 Å². The van der Waals surface area contributed by atoms with Gasteiger partial charge in [0.15, 0.2) is 11.8 Å². The maximum Gasteiger partial charge on any atom is 0.340 e. The highest BCUT2D eigenvalue weighted by Crippen LogP contribution is 2.38. The Balaban J connectivity index is 1.69. The molecular weight excluding hydrogens is 599 g/mol. The molecule has 0 radical (unpaired) electrons. The van der Waals surface area contributed by atoms with Gasteiger partial charge in [0.2, 0.25) is 0 Å². The molecule has 3 aromatic rings. The molecule has 0 unspecified atom stereocenters. The molecule has 1 saturated heterocycles. The topological polar surface area (TPSA) is 98.4 Å². The van der Waals surface area contributed by atoms with E-state index in [-0.39, 0.29) is 18.0 Å². The summed E-state index contributed by atoms with van der Waals surface area (Å²) in [5.74, 6) is 0.416. The van der Waals surface area contributed by atoms with Gasteiger partial charge in [0.1, 0.15) is 17.4 Å². The second-order valence-electron chi connectivity index (χ2n) is 14.2. The highest BCUT2D eigenvalue weighted by molar-refractivity contribution is 5.80. The SMILES string of the molecule is CCOC(=O)[C@@H](OC(C)(C)C)c1c(C)nc2cc(C=CCc3ccc(F)cc3O)nn2c1N1CCC(C)(OCCCCC(C)C)CC1. The van der Waals surface area contributed by atoms with Crippen molar-refractivity contribution in [1.29, 1.82) is 0 Å². The lowest BCUT2D eigenvalue weighted by Crippen LogP contribution is -2.46. The van der Waals surface area contributed by atoms with Crippen molar-refractivity contribution in [2.45, 2.75) is 111 Å². The number of esters is 1. The molecule has 258 valence electrons. The number of unbranched alkanes of at least 4 members (excludes halogenated alkanes) is 1. The number of benzene rings is 1. The van der Waals surface area contributed by atoms with E-state index in [0.717, 1.165) is 37.8 Å². The summed E-state index contributed by atoms with van der Waals surface area (Å²) in [6, 6.07) is 5.89. The van der Waals surface area contributed by atoms with E-state index in [2.05, 4.69) is 25.7 Å². The van der Waals surface area contributed by atoms with E-state index in [1.807, 2.05) is 45.9 Å². The van der Waals surface area contributed by atoms with Gasteiger partial charge in [-0.25, -0.2) is 14.2 Å². The number of carbonyl (C=O) groups excluding carboxylic acids is 1. The number of aromatic nitrogens is 3. The van der Waals surface area contributed by atoms with Crippen molar-refractivity contribution in [1.82, 2.24) is 14.6 Å². The smallest absolute Gasteiger partial charge is 0.340 e. The minimum Gasteiger partial charge on any atom is -0.508 e. The zero-order chi connectivity index (χ0) is 34.4. The first kappa shape index (κ1) is 36.3. The van der Waals surface area contributed by atoms with Gasteiger partial charge >= 0.3 is 5.97 Å². The molecule has 1 fully saturated rings. The highest BCUT2D eigenvalue weighted by Gasteiger charge is 2.38. The molecule has 10 heteroatoms. The fourth-order valence-corrected chi connectivity index (χ4v) is 5.95. The molecule has 3 heterocycles. The molecule has 2 aromatic heterocycles. The first-order valence-electron chi connectivity index (χ1n) is 17.0. The maximum atomic E-state index is 13.5. The Labute approximate surface area is 279 Å². The van der Waals surface area contributed by atoms with E-state index in [9.17, 15) is 14.3 Å². The first-order valence-corrected chi connectivity index (χ1v) is 17.0. The predicted octanol–water partition coefficient (Wildman–Crippen LogP) is 7.76. The number of phenols is 1. The van der Waals surface area contributed by atoms with Crippen LogP contribution in [0.15, 0.2) is 30.3 Å². The Bertz CT molecular complexity index is 1540. The summed E-state index contributed by atoms with van der Waals surface area (Å²) in [5, 5.41) is 15.0. The number of hydrogen-bond acceptors (Lipinski definition) is 8. The van der Waals surface area contributed by atoms with Crippen molar-refractivity contribution in [3.63, 3.8) is 0 Å². The van der Waals surface area contributed by atoms with Crippen LogP contribution in [0.25, 0.3) is 11.7 Å². The molecule has 1 atom stereocenters. The number of fused-ring (bicyclic) bond motifs is 1. The van der Waals surface area contributed by atoms with Gasteiger partial charge < -0.3 is 24.2 Å². The van der Waals surface area contributed by atoms with E-state index in [4.69, 9.17) is 24.3 Å². The number of nitrogens with zero attached hydrogens (tertiary/aromatic N) is 4. The number of rotatable bonds is 14. The summed E-state index contributed by atoms with van der Waals surface area (Å²) in [6.07, 6.45) is 8.19. The molecule has 1 aliphatic rings. The van der Waals surface area contributed by atoms with Crippen LogP contribution in [0.5, 0.6) is 5.75 Å². The molecule has 47 heavy (non-hydrogen) atoms. The summed E-state index contributed by atoms with van der Waals surface area (Å²) in [7, 11) is 0. The van der Waals surface area contributed by atoms with Crippen LogP contribution in [-0.4, -0.2) is 63.2 Å². The van der Waals surface area contributed by atoms with Crippen LogP contribution in [-0.2, 0) is 25.4 Å². The number of allylic oxidation sites excluding steroid dienone is 1. The maximum absolute atomic E-state index is 13.5. The van der Waals surface area contributed by atoms with Crippen LogP contribution in [0.3, 0.4) is 0 Å². The Hall–Kier alpha value is -3.50. The second kappa shape index (κ2) is 15.6. The molecular formula is C37H53FN4O5. The number of carbonyl (C=O) groups is 1. The van der Waals surface area contributed by atoms with Crippen molar-refractivity contribution in [3.8, 4) is 5.75 Å². The molecule has 0 saturated carbocycles. The number of phenolic OH excluding ortho intramolecular Hbond substituents is 1. The molecule has 1 aromatic carbocycles. The Morgan fingerprint density at radius 3 is 2.53 bits per heavy atom. The monoisotopic (exact) mass is 652 g/mol. The molecule has 0 spiro atoms. The number of hydrogen-bond donors (Lipinski definition) is 1. The minimum absolute atomic E-state index is 0.0886. The van der Waals surface area contributed by atoms with Gasteiger partial charge in [-0.15, -0.1) is 0 Å². The van der Waals surface area contributed by atoms with Crippen LogP contribution in [0.4, 0.5) is 10.2 Å². The average molecular weight is 653 g/mol. The van der Waals surface area contributed by atoms with Crippen LogP contribution in [0.1, 0.15) is 109 Å². The van der Waals surface area contributed by atoms with Gasteiger partial charge in [-0.1, -0.05) is 38.8 Å². The average Bonchev–Trinajstić information content (AvgIpc) is 3.38. The normalized spacial score (nSPS) is 16.0. The van der Waals surface area contributed by atoms with Gasteiger partial charge in [-0.05, 0) is 90.8 Å². The number of aromatic hydroxyl groups is 1. The van der Waals surface area contributed by atoms with Crippen LogP contribution in [0, 0.1) is 18.7 Å². The Morgan fingerprint density at radius 2 is 1.89 bits per heavy atom. The molecule has 0 bridgehead atoms. The molecule has 0 amide bonds. The summed E-state index contributed by atoms with van der Waals surface area (Å²) >= 11 is 0. The third-order valence-electron chi connectivity index (χ3n) is 8.48. The number of piperidine rings is 1. The number of anilines is 1. The molecule has 9 nitrogen and oxygen atoms in total. The highest BCUT2D eigenvalue weighted by atomic mass is 19.1. The van der Waals surface area contributed by atoms with Crippen LogP contribution in [0.2, 0.25) is 0 Å². The zero-order valence-electron chi connectivity index (χ0n) is 29.4. The minimum atomic E-state index is -1.00. The third-order valence-corrected chi connectivity index (χ3v) is 8.48. The second-order valence-corrected chi connectivity index (χ2v) is 14.2. The Kier molecular flexibility index (Phi) is 12.1. The van der Waals surface area contributed by atoms with Gasteiger partial charge in [-0.3, -0.25) is 0 Å². The molecule has 4 rings (SSSR count). The lowest BCUT2D eigenvalue weighted by atomic mass is 9.92. The van der Waals surface area contributed by atoms with Crippen molar-refractivity contribution in [3.05, 3.63) is 58.7 Å². The van der Waals surface area contributed by atoms with E-state index >= 15 is 0 Å². The fourth-order valence-electron chi connectivity index (χ4n) is 5.95. The standard InChI is InChI=1S/C37H53FN4O5/c1-9-45-35(44)33(47-36(5,6)7)32-26(4)39-31-24-29(15-12-14-27-16-17-28(38)23-30(27)43)40-42(31)34(32)41-20-18-37(8,19-21-41)46-22-11-10-13-25(2)3/h12,15-17,23-25,33,43H,9-11,13-14,18-22H2,1-8H3/t33-/m0/s1. The van der Waals surface area contributed by atoms with Gasteiger partial charge in [0.05, 0.1) is 29.1 Å². The number of halogens is 1. The lowest BCUT2D eigenvalue weighted by molar-refractivity contribution is -0.166. The summed E-state index contributed by atoms with van der Waals surface area (Å²) in [5.41, 5.74) is 2.34. The molecule has 0 aliphatic carbocycles. The number of ether oxygens (including phenoxy) is 3. The van der Waals surface area contributed by atoms with Gasteiger partial charge in [-0.2, -0.15) is 9.61 Å². The molecule has 1 N–H and O–H groups in total. The summed E-state index contributed by atoms with van der Waals surface area (Å²) in [4.78, 5) is 20.6. The third kappa shape index (κ3) is 9.76. The van der Waals surface area contributed by atoms with Gasteiger partial charge in [0, 0.05) is 37.5 Å². The van der Waals surface area contributed by atoms with Crippen molar-refractivity contribution >= 4 is 23.5 Å². The fraction of sp³-hybridized carbons (Fsp3) is 0.595. The zero-order valence-corrected chi connectivity index (χ0v) is 29.4. The van der Waals surface area contributed by atoms with Crippen molar-refractivity contribution in [2.75, 3.05) is 31.2 Å². The van der Waals surface area contributed by atoms with Crippen molar-refractivity contribution < 1.29 is 28.5 Å². The quantitative estimate of drug-likeness (QED) is 0.139. The predicted molar refractivity (Wildman–Crippen MR) is 183 cm³/mol. The van der Waals surface area contributed by atoms with E-state index in [1.54, 1.807) is 17.5 Å². The summed E-state index contributed by atoms with van der Waals surface area (Å²) < 4.78 is 33.6. The van der Waals surface area contributed by atoms with Crippen LogP contribution >= 0.6 is 0 Å².